The fourth-order valence-electron chi connectivity index (χ4n) is 1.10. The summed E-state index contributed by atoms with van der Waals surface area (Å²) in [5.41, 5.74) is 16.4. The second kappa shape index (κ2) is 3.77. The molecule has 0 bridgehead atoms. The molecule has 0 aliphatic carbocycles. The lowest BCUT2D eigenvalue weighted by atomic mass is 10.2. The Balaban J connectivity index is 3.41. The summed E-state index contributed by atoms with van der Waals surface area (Å²) in [5, 5.41) is 0. The molecule has 0 fully saturated rings. The van der Waals surface area contributed by atoms with Gasteiger partial charge in [-0.25, -0.2) is 0 Å². The molecule has 82 valence electrons. The van der Waals surface area contributed by atoms with Gasteiger partial charge in [-0.05, 0) is 24.6 Å². The number of sulfonamides is 1. The summed E-state index contributed by atoms with van der Waals surface area (Å²) in [6, 6.07) is 4.52. The van der Waals surface area contributed by atoms with Crippen LogP contribution in [-0.4, -0.2) is 14.4 Å². The van der Waals surface area contributed by atoms with Gasteiger partial charge in [0.15, 0.2) is 0 Å². The molecule has 7 heteroatoms. The van der Waals surface area contributed by atoms with Crippen molar-refractivity contribution in [3.05, 3.63) is 23.8 Å². The first kappa shape index (κ1) is 11.3. The van der Waals surface area contributed by atoms with Crippen molar-refractivity contribution in [2.24, 2.45) is 15.9 Å². The Hall–Kier alpha value is -1.76. The van der Waals surface area contributed by atoms with Gasteiger partial charge in [0, 0.05) is 5.69 Å². The zero-order valence-corrected chi connectivity index (χ0v) is 8.95. The molecule has 0 radical (unpaired) electrons. The predicted octanol–water partition coefficient (Wildman–Crippen LogP) is -0.461. The van der Waals surface area contributed by atoms with Crippen LogP contribution in [0, 0.1) is 6.92 Å². The zero-order chi connectivity index (χ0) is 11.6. The molecule has 0 unspecified atom stereocenters. The summed E-state index contributed by atoms with van der Waals surface area (Å²) >= 11 is 0. The van der Waals surface area contributed by atoms with Crippen LogP contribution >= 0.6 is 0 Å². The number of anilines is 1. The Morgan fingerprint density at radius 2 is 1.93 bits per heavy atom. The van der Waals surface area contributed by atoms with Crippen molar-refractivity contribution in [1.82, 2.24) is 0 Å². The van der Waals surface area contributed by atoms with E-state index in [1.165, 1.54) is 12.1 Å². The van der Waals surface area contributed by atoms with E-state index in [1.807, 2.05) is 0 Å². The molecular formula is C8H12N4O2S. The molecule has 0 aliphatic rings. The smallest absolute Gasteiger partial charge is 0.285 e. The van der Waals surface area contributed by atoms with Crippen LogP contribution in [0.1, 0.15) is 5.56 Å². The first-order valence-corrected chi connectivity index (χ1v) is 5.49. The highest BCUT2D eigenvalue weighted by Crippen LogP contribution is 2.21. The van der Waals surface area contributed by atoms with Crippen molar-refractivity contribution in [2.75, 3.05) is 5.73 Å². The third-order valence-corrected chi connectivity index (χ3v) is 3.28. The molecule has 1 aromatic carbocycles. The van der Waals surface area contributed by atoms with E-state index in [1.54, 1.807) is 13.0 Å². The number of nitrogens with two attached hydrogens (primary N) is 3. The highest BCUT2D eigenvalue weighted by molar-refractivity contribution is 7.90. The molecular weight excluding hydrogens is 216 g/mol. The molecule has 0 aliphatic heterocycles. The average Bonchev–Trinajstić information content (AvgIpc) is 2.07. The van der Waals surface area contributed by atoms with Gasteiger partial charge in [0.1, 0.15) is 0 Å². The highest BCUT2D eigenvalue weighted by atomic mass is 32.2. The summed E-state index contributed by atoms with van der Waals surface area (Å²) in [7, 11) is -3.85. The lowest BCUT2D eigenvalue weighted by molar-refractivity contribution is 0.597. The van der Waals surface area contributed by atoms with E-state index in [9.17, 15) is 8.42 Å². The maximum atomic E-state index is 11.6. The monoisotopic (exact) mass is 228 g/mol. The Kier molecular flexibility index (Phi) is 2.85. The molecule has 0 heterocycles. The zero-order valence-electron chi connectivity index (χ0n) is 8.14. The molecule has 15 heavy (non-hydrogen) atoms. The van der Waals surface area contributed by atoms with Gasteiger partial charge in [-0.2, -0.15) is 8.42 Å². The first-order valence-electron chi connectivity index (χ1n) is 4.05. The molecule has 6 N–H and O–H groups in total. The number of nitrogen functional groups attached to an aromatic ring is 1. The van der Waals surface area contributed by atoms with Crippen LogP contribution in [0.25, 0.3) is 0 Å². The fourth-order valence-corrected chi connectivity index (χ4v) is 2.23. The Bertz CT molecular complexity index is 503. The second-order valence-electron chi connectivity index (χ2n) is 2.96. The van der Waals surface area contributed by atoms with Crippen molar-refractivity contribution < 1.29 is 8.42 Å². The van der Waals surface area contributed by atoms with Gasteiger partial charge in [-0.1, -0.05) is 6.07 Å². The van der Waals surface area contributed by atoms with Crippen LogP contribution in [0.3, 0.4) is 0 Å². The number of rotatable bonds is 2. The minimum Gasteiger partial charge on any atom is -0.398 e. The van der Waals surface area contributed by atoms with Gasteiger partial charge in [-0.15, -0.1) is 4.40 Å². The van der Waals surface area contributed by atoms with Crippen molar-refractivity contribution in [3.8, 4) is 0 Å². The lowest BCUT2D eigenvalue weighted by Crippen LogP contribution is -2.24. The van der Waals surface area contributed by atoms with E-state index >= 15 is 0 Å². The number of hydrogen-bond acceptors (Lipinski definition) is 3. The maximum absolute atomic E-state index is 11.6. The van der Waals surface area contributed by atoms with Crippen LogP contribution in [0.15, 0.2) is 27.5 Å². The quantitative estimate of drug-likeness (QED) is 0.359. The second-order valence-corrected chi connectivity index (χ2v) is 4.53. The predicted molar refractivity (Wildman–Crippen MR) is 58.6 cm³/mol. The van der Waals surface area contributed by atoms with Gasteiger partial charge in [0.25, 0.3) is 10.0 Å². The number of hydrogen-bond donors (Lipinski definition) is 3. The van der Waals surface area contributed by atoms with E-state index < -0.39 is 16.0 Å². The Morgan fingerprint density at radius 1 is 1.33 bits per heavy atom. The lowest BCUT2D eigenvalue weighted by Gasteiger charge is -2.05. The molecule has 0 saturated heterocycles. The van der Waals surface area contributed by atoms with Gasteiger partial charge < -0.3 is 17.2 Å². The van der Waals surface area contributed by atoms with Crippen LogP contribution in [0.2, 0.25) is 0 Å². The highest BCUT2D eigenvalue weighted by Gasteiger charge is 2.16. The molecule has 1 aromatic rings. The van der Waals surface area contributed by atoms with Crippen molar-refractivity contribution >= 4 is 21.7 Å². The Labute approximate surface area is 87.8 Å². The van der Waals surface area contributed by atoms with Crippen molar-refractivity contribution in [1.29, 1.82) is 0 Å². The third-order valence-electron chi connectivity index (χ3n) is 1.83. The molecule has 0 atom stereocenters. The van der Waals surface area contributed by atoms with E-state index in [4.69, 9.17) is 17.2 Å². The molecule has 0 aromatic heterocycles. The van der Waals surface area contributed by atoms with Crippen LogP contribution in [-0.2, 0) is 10.0 Å². The minimum atomic E-state index is -3.85. The topological polar surface area (TPSA) is 125 Å². The SMILES string of the molecule is Cc1c(N)cccc1S(=O)(=O)N=C(N)N. The molecule has 6 nitrogen and oxygen atoms in total. The van der Waals surface area contributed by atoms with Crippen molar-refractivity contribution in [2.45, 2.75) is 11.8 Å². The van der Waals surface area contributed by atoms with Crippen molar-refractivity contribution in [3.63, 3.8) is 0 Å². The Morgan fingerprint density at radius 3 is 2.47 bits per heavy atom. The third kappa shape index (κ3) is 2.38. The van der Waals surface area contributed by atoms with E-state index in [0.29, 0.717) is 11.3 Å². The largest absolute Gasteiger partial charge is 0.398 e. The average molecular weight is 228 g/mol. The molecule has 0 amide bonds. The number of guanidine groups is 1. The van der Waals surface area contributed by atoms with Gasteiger partial charge in [0.2, 0.25) is 5.96 Å². The maximum Gasteiger partial charge on any atom is 0.285 e. The van der Waals surface area contributed by atoms with E-state index in [2.05, 4.69) is 4.40 Å². The summed E-state index contributed by atoms with van der Waals surface area (Å²) in [6.45, 7) is 1.59. The summed E-state index contributed by atoms with van der Waals surface area (Å²) in [5.74, 6) is -0.503. The standard InChI is InChI=1S/C8H12N4O2S/c1-5-6(9)3-2-4-7(5)15(13,14)12-8(10)11/h2-4H,9H2,1H3,(H4,10,11,12). The van der Waals surface area contributed by atoms with E-state index in [0.717, 1.165) is 0 Å². The van der Waals surface area contributed by atoms with Gasteiger partial charge in [0.05, 0.1) is 4.90 Å². The van der Waals surface area contributed by atoms with Gasteiger partial charge in [-0.3, -0.25) is 0 Å². The normalized spacial score (nSPS) is 11.0. The summed E-state index contributed by atoms with van der Waals surface area (Å²) < 4.78 is 26.4. The summed E-state index contributed by atoms with van der Waals surface area (Å²) in [4.78, 5) is 0.0101. The van der Waals surface area contributed by atoms with Gasteiger partial charge >= 0.3 is 0 Å². The van der Waals surface area contributed by atoms with Crippen LogP contribution in [0.5, 0.6) is 0 Å². The number of nitrogens with zero attached hydrogens (tertiary/aromatic N) is 1. The van der Waals surface area contributed by atoms with Crippen LogP contribution in [0.4, 0.5) is 5.69 Å². The fraction of sp³-hybridized carbons (Fsp3) is 0.125. The minimum absolute atomic E-state index is 0.0101. The van der Waals surface area contributed by atoms with Crippen LogP contribution < -0.4 is 17.2 Å². The first-order chi connectivity index (χ1) is 6.84. The summed E-state index contributed by atoms with van der Waals surface area (Å²) in [6.07, 6.45) is 0. The number of benzene rings is 1. The molecule has 0 saturated carbocycles. The van der Waals surface area contributed by atoms with E-state index in [-0.39, 0.29) is 4.90 Å². The molecule has 1 rings (SSSR count). The molecule has 0 spiro atoms.